The van der Waals surface area contributed by atoms with Gasteiger partial charge in [-0.2, -0.15) is 0 Å². The molecule has 0 saturated heterocycles. The van der Waals surface area contributed by atoms with Gasteiger partial charge in [-0.3, -0.25) is 4.79 Å². The number of hydrogen-bond donors (Lipinski definition) is 0. The summed E-state index contributed by atoms with van der Waals surface area (Å²) in [7, 11) is 0. The molecular formula is C17H30O2. The third-order valence-corrected chi connectivity index (χ3v) is 3.70. The lowest BCUT2D eigenvalue weighted by Crippen LogP contribution is -2.05. The van der Waals surface area contributed by atoms with Crippen LogP contribution in [0.4, 0.5) is 0 Å². The van der Waals surface area contributed by atoms with Gasteiger partial charge in [-0.1, -0.05) is 44.3 Å². The van der Waals surface area contributed by atoms with Gasteiger partial charge in [0.15, 0.2) is 0 Å². The molecule has 2 nitrogen and oxygen atoms in total. The summed E-state index contributed by atoms with van der Waals surface area (Å²) in [4.78, 5) is 11.4. The second-order valence-electron chi connectivity index (χ2n) is 5.55. The highest BCUT2D eigenvalue weighted by atomic mass is 16.5. The largest absolute Gasteiger partial charge is 0.466 e. The standard InChI is InChI=1S/C17H30O2/c18-17-15-13-11-9-7-5-3-1-2-4-6-8-10-12-14-16-19-17/h4,6H,1-3,5,7-16H2/b6-4-. The molecule has 0 aromatic carbocycles. The Bertz CT molecular complexity index is 246. The van der Waals surface area contributed by atoms with Gasteiger partial charge in [0.25, 0.3) is 0 Å². The van der Waals surface area contributed by atoms with Crippen LogP contribution in [-0.4, -0.2) is 12.6 Å². The zero-order valence-electron chi connectivity index (χ0n) is 12.4. The quantitative estimate of drug-likeness (QED) is 0.446. The maximum atomic E-state index is 11.4. The van der Waals surface area contributed by atoms with Gasteiger partial charge in [-0.05, 0) is 44.9 Å². The van der Waals surface area contributed by atoms with Crippen molar-refractivity contribution in [3.8, 4) is 0 Å². The van der Waals surface area contributed by atoms with E-state index in [1.54, 1.807) is 0 Å². The van der Waals surface area contributed by atoms with Gasteiger partial charge in [0.1, 0.15) is 0 Å². The first-order valence-corrected chi connectivity index (χ1v) is 8.20. The molecule has 0 aromatic heterocycles. The van der Waals surface area contributed by atoms with Crippen molar-refractivity contribution in [3.05, 3.63) is 12.2 Å². The average Bonchev–Trinajstić information content (AvgIpc) is 2.41. The highest BCUT2D eigenvalue weighted by Gasteiger charge is 2.02. The third kappa shape index (κ3) is 10.8. The number of cyclic esters (lactones) is 1. The van der Waals surface area contributed by atoms with Crippen molar-refractivity contribution in [1.29, 1.82) is 0 Å². The van der Waals surface area contributed by atoms with Gasteiger partial charge in [0.05, 0.1) is 6.61 Å². The predicted molar refractivity (Wildman–Crippen MR) is 80.1 cm³/mol. The molecular weight excluding hydrogens is 236 g/mol. The topological polar surface area (TPSA) is 26.3 Å². The summed E-state index contributed by atoms with van der Waals surface area (Å²) in [6.45, 7) is 0.614. The lowest BCUT2D eigenvalue weighted by molar-refractivity contribution is -0.143. The first-order chi connectivity index (χ1) is 9.39. The zero-order valence-corrected chi connectivity index (χ0v) is 12.4. The Hall–Kier alpha value is -0.790. The number of hydrogen-bond acceptors (Lipinski definition) is 2. The van der Waals surface area contributed by atoms with Crippen LogP contribution in [0, 0.1) is 0 Å². The average molecular weight is 266 g/mol. The number of ether oxygens (including phenoxy) is 1. The highest BCUT2D eigenvalue weighted by Crippen LogP contribution is 2.11. The Morgan fingerprint density at radius 3 is 1.89 bits per heavy atom. The van der Waals surface area contributed by atoms with Crippen LogP contribution in [0.3, 0.4) is 0 Å². The van der Waals surface area contributed by atoms with Gasteiger partial charge in [-0.25, -0.2) is 0 Å². The van der Waals surface area contributed by atoms with E-state index < -0.39 is 0 Å². The molecule has 1 aliphatic rings. The first kappa shape index (κ1) is 16.3. The van der Waals surface area contributed by atoms with E-state index in [2.05, 4.69) is 12.2 Å². The molecule has 0 aliphatic carbocycles. The van der Waals surface area contributed by atoms with Crippen LogP contribution in [0.2, 0.25) is 0 Å². The molecule has 0 N–H and O–H groups in total. The van der Waals surface area contributed by atoms with Crippen molar-refractivity contribution in [2.45, 2.75) is 83.5 Å². The summed E-state index contributed by atoms with van der Waals surface area (Å²) in [6, 6.07) is 0. The predicted octanol–water partition coefficient (Wildman–Crippen LogP) is 5.17. The molecule has 2 heteroatoms. The molecule has 19 heavy (non-hydrogen) atoms. The minimum atomic E-state index is 0.000937. The molecule has 0 atom stereocenters. The van der Waals surface area contributed by atoms with E-state index in [4.69, 9.17) is 4.74 Å². The zero-order chi connectivity index (χ0) is 13.6. The molecule has 0 aromatic rings. The van der Waals surface area contributed by atoms with Crippen LogP contribution < -0.4 is 0 Å². The highest BCUT2D eigenvalue weighted by molar-refractivity contribution is 5.69. The van der Waals surface area contributed by atoms with Crippen LogP contribution in [0.1, 0.15) is 83.5 Å². The normalized spacial score (nSPS) is 23.9. The lowest BCUT2D eigenvalue weighted by atomic mass is 10.1. The maximum Gasteiger partial charge on any atom is 0.305 e. The van der Waals surface area contributed by atoms with E-state index >= 15 is 0 Å². The van der Waals surface area contributed by atoms with E-state index in [0.29, 0.717) is 13.0 Å². The van der Waals surface area contributed by atoms with Gasteiger partial charge < -0.3 is 4.74 Å². The van der Waals surface area contributed by atoms with Crippen molar-refractivity contribution in [2.75, 3.05) is 6.61 Å². The first-order valence-electron chi connectivity index (χ1n) is 8.20. The van der Waals surface area contributed by atoms with Gasteiger partial charge >= 0.3 is 5.97 Å². The summed E-state index contributed by atoms with van der Waals surface area (Å²) in [5.41, 5.74) is 0. The monoisotopic (exact) mass is 266 g/mol. The van der Waals surface area contributed by atoms with E-state index in [0.717, 1.165) is 19.3 Å². The van der Waals surface area contributed by atoms with E-state index in [1.165, 1.54) is 57.8 Å². The molecule has 1 heterocycles. The van der Waals surface area contributed by atoms with Crippen LogP contribution in [0.5, 0.6) is 0 Å². The van der Waals surface area contributed by atoms with E-state index in [-0.39, 0.29) is 5.97 Å². The third-order valence-electron chi connectivity index (χ3n) is 3.70. The fourth-order valence-corrected chi connectivity index (χ4v) is 2.45. The van der Waals surface area contributed by atoms with Crippen LogP contribution in [0.15, 0.2) is 12.2 Å². The van der Waals surface area contributed by atoms with Gasteiger partial charge in [0, 0.05) is 6.42 Å². The summed E-state index contributed by atoms with van der Waals surface area (Å²) >= 11 is 0. The van der Waals surface area contributed by atoms with Crippen molar-refractivity contribution in [1.82, 2.24) is 0 Å². The molecule has 110 valence electrons. The van der Waals surface area contributed by atoms with Gasteiger partial charge in [0.2, 0.25) is 0 Å². The van der Waals surface area contributed by atoms with Crippen LogP contribution in [-0.2, 0) is 9.53 Å². The number of carbonyl (C=O) groups excluding carboxylic acids is 1. The molecule has 0 amide bonds. The second-order valence-corrected chi connectivity index (χ2v) is 5.55. The number of esters is 1. The Balaban J connectivity index is 2.16. The summed E-state index contributed by atoms with van der Waals surface area (Å²) in [5.74, 6) is 0.000937. The number of allylic oxidation sites excluding steroid dienone is 2. The summed E-state index contributed by atoms with van der Waals surface area (Å²) < 4.78 is 5.23. The fraction of sp³-hybridized carbons (Fsp3) is 0.824. The smallest absolute Gasteiger partial charge is 0.305 e. The minimum Gasteiger partial charge on any atom is -0.466 e. The number of carbonyl (C=O) groups is 1. The van der Waals surface area contributed by atoms with Crippen LogP contribution in [0.25, 0.3) is 0 Å². The Morgan fingerprint density at radius 2 is 1.21 bits per heavy atom. The maximum absolute atomic E-state index is 11.4. The second kappa shape index (κ2) is 12.3. The minimum absolute atomic E-state index is 0.000937. The molecule has 0 radical (unpaired) electrons. The van der Waals surface area contributed by atoms with Gasteiger partial charge in [-0.15, -0.1) is 0 Å². The molecule has 0 unspecified atom stereocenters. The van der Waals surface area contributed by atoms with Crippen molar-refractivity contribution in [2.24, 2.45) is 0 Å². The summed E-state index contributed by atoms with van der Waals surface area (Å²) in [6.07, 6.45) is 19.9. The molecule has 1 rings (SSSR count). The van der Waals surface area contributed by atoms with Crippen molar-refractivity contribution >= 4 is 5.97 Å². The molecule has 0 bridgehead atoms. The van der Waals surface area contributed by atoms with Crippen LogP contribution >= 0.6 is 0 Å². The molecule has 1 aliphatic heterocycles. The summed E-state index contributed by atoms with van der Waals surface area (Å²) in [5, 5.41) is 0. The molecule has 0 spiro atoms. The Morgan fingerprint density at radius 1 is 0.684 bits per heavy atom. The lowest BCUT2D eigenvalue weighted by Gasteiger charge is -2.05. The SMILES string of the molecule is O=C1CCCCCCCCC/C=C\CCCCCO1. The molecule has 0 saturated carbocycles. The Kier molecular flexibility index (Phi) is 10.5. The van der Waals surface area contributed by atoms with E-state index in [9.17, 15) is 4.79 Å². The Labute approximate surface area is 118 Å². The number of rotatable bonds is 0. The molecule has 0 fully saturated rings. The van der Waals surface area contributed by atoms with Crippen molar-refractivity contribution < 1.29 is 9.53 Å². The van der Waals surface area contributed by atoms with Crippen molar-refractivity contribution in [3.63, 3.8) is 0 Å². The van der Waals surface area contributed by atoms with E-state index in [1.807, 2.05) is 0 Å². The fourth-order valence-electron chi connectivity index (χ4n) is 2.45.